The van der Waals surface area contributed by atoms with Crippen molar-refractivity contribution >= 4 is 17.6 Å². The Balaban J connectivity index is 1.94. The molecule has 2 unspecified atom stereocenters. The summed E-state index contributed by atoms with van der Waals surface area (Å²) in [7, 11) is 3.15. The Hall–Kier alpha value is -3.10. The summed E-state index contributed by atoms with van der Waals surface area (Å²) < 4.78 is 24.8. The molecule has 3 aromatic rings. The molecular formula is C23H24ClN3O5. The zero-order valence-corrected chi connectivity index (χ0v) is 19.0. The highest BCUT2D eigenvalue weighted by Crippen LogP contribution is 2.46. The summed E-state index contributed by atoms with van der Waals surface area (Å²) in [5, 5.41) is 9.11. The number of nitrogens with zero attached hydrogens (tertiary/aromatic N) is 3. The summed E-state index contributed by atoms with van der Waals surface area (Å²) in [6.07, 6.45) is -1.34. The molecule has 2 atom stereocenters. The molecule has 0 spiro atoms. The van der Waals surface area contributed by atoms with E-state index in [-0.39, 0.29) is 19.0 Å². The maximum atomic E-state index is 12.4. The molecule has 8 nitrogen and oxygen atoms in total. The molecule has 1 aliphatic heterocycles. The van der Waals surface area contributed by atoms with Crippen molar-refractivity contribution in [3.05, 3.63) is 64.2 Å². The number of hydrogen-bond donors (Lipinski definition) is 0. The van der Waals surface area contributed by atoms with Gasteiger partial charge < -0.3 is 18.9 Å². The molecule has 0 amide bonds. The van der Waals surface area contributed by atoms with Crippen molar-refractivity contribution in [3.8, 4) is 17.2 Å². The molecule has 9 heteroatoms. The van der Waals surface area contributed by atoms with E-state index in [0.29, 0.717) is 28.2 Å². The lowest BCUT2D eigenvalue weighted by Crippen LogP contribution is -2.17. The first-order valence-corrected chi connectivity index (χ1v) is 10.6. The molecule has 168 valence electrons. The van der Waals surface area contributed by atoms with Gasteiger partial charge in [-0.1, -0.05) is 23.7 Å². The van der Waals surface area contributed by atoms with Crippen LogP contribution in [-0.2, 0) is 14.3 Å². The zero-order chi connectivity index (χ0) is 22.8. The number of carbonyl (C=O) groups excluding carboxylic acids is 1. The predicted octanol–water partition coefficient (Wildman–Crippen LogP) is 4.36. The third-order valence-corrected chi connectivity index (χ3v) is 5.56. The minimum Gasteiger partial charge on any atom is -0.493 e. The number of para-hydroxylation sites is 1. The van der Waals surface area contributed by atoms with Crippen molar-refractivity contribution in [1.29, 1.82) is 0 Å². The van der Waals surface area contributed by atoms with Gasteiger partial charge in [-0.15, -0.1) is 10.2 Å². The number of hydrogen-bond acceptors (Lipinski definition) is 7. The van der Waals surface area contributed by atoms with Gasteiger partial charge in [0.1, 0.15) is 18.0 Å². The largest absolute Gasteiger partial charge is 0.493 e. The van der Waals surface area contributed by atoms with Gasteiger partial charge in [-0.3, -0.25) is 9.36 Å². The highest BCUT2D eigenvalue weighted by atomic mass is 35.5. The third-order valence-electron chi connectivity index (χ3n) is 5.32. The van der Waals surface area contributed by atoms with Gasteiger partial charge in [0.2, 0.25) is 0 Å². The molecule has 1 aromatic heterocycles. The Morgan fingerprint density at radius 3 is 2.69 bits per heavy atom. The quantitative estimate of drug-likeness (QED) is 0.508. The fourth-order valence-electron chi connectivity index (χ4n) is 3.99. The molecule has 2 aromatic carbocycles. The van der Waals surface area contributed by atoms with Gasteiger partial charge in [0.05, 0.1) is 32.9 Å². The van der Waals surface area contributed by atoms with Gasteiger partial charge in [-0.25, -0.2) is 0 Å². The average Bonchev–Trinajstić information content (AvgIpc) is 3.11. The average molecular weight is 458 g/mol. The fraction of sp³-hybridized carbons (Fsp3) is 0.348. The SMILES string of the molecule is CCOC(=O)CC1OC(c2cccc(OC)c2OC)c2cc(Cl)ccc2-n2c(C)nnc21. The smallest absolute Gasteiger partial charge is 0.308 e. The summed E-state index contributed by atoms with van der Waals surface area (Å²) in [6, 6.07) is 11.1. The molecule has 1 aliphatic rings. The number of aryl methyl sites for hydroxylation is 1. The Bertz CT molecular complexity index is 1150. The van der Waals surface area contributed by atoms with E-state index in [4.69, 9.17) is 30.5 Å². The number of ether oxygens (including phenoxy) is 4. The number of carbonyl (C=O) groups is 1. The summed E-state index contributed by atoms with van der Waals surface area (Å²) in [4.78, 5) is 12.4. The van der Waals surface area contributed by atoms with Crippen LogP contribution >= 0.6 is 11.6 Å². The van der Waals surface area contributed by atoms with Crippen LogP contribution in [0.2, 0.25) is 5.02 Å². The second-order valence-corrected chi connectivity index (χ2v) is 7.68. The van der Waals surface area contributed by atoms with E-state index >= 15 is 0 Å². The monoisotopic (exact) mass is 457 g/mol. The number of rotatable bonds is 6. The maximum absolute atomic E-state index is 12.4. The fourth-order valence-corrected chi connectivity index (χ4v) is 4.17. The number of aromatic nitrogens is 3. The summed E-state index contributed by atoms with van der Waals surface area (Å²) >= 11 is 6.39. The van der Waals surface area contributed by atoms with Gasteiger partial charge in [-0.05, 0) is 38.1 Å². The maximum Gasteiger partial charge on any atom is 0.308 e. The van der Waals surface area contributed by atoms with Crippen LogP contribution in [0, 0.1) is 6.92 Å². The van der Waals surface area contributed by atoms with Crippen molar-refractivity contribution < 1.29 is 23.7 Å². The Kier molecular flexibility index (Phi) is 6.34. The first-order valence-electron chi connectivity index (χ1n) is 10.2. The standard InChI is InChI=1S/C23H24ClN3O5/c1-5-31-20(28)12-19-23-26-25-13(2)27(23)17-10-9-14(24)11-16(17)21(32-19)15-7-6-8-18(29-3)22(15)30-4/h6-11,19,21H,5,12H2,1-4H3. The second-order valence-electron chi connectivity index (χ2n) is 7.24. The number of benzene rings is 2. The normalized spacial score (nSPS) is 17.2. The Morgan fingerprint density at radius 1 is 1.16 bits per heavy atom. The van der Waals surface area contributed by atoms with Crippen LogP contribution in [0.25, 0.3) is 5.69 Å². The van der Waals surface area contributed by atoms with Crippen molar-refractivity contribution in [2.75, 3.05) is 20.8 Å². The number of esters is 1. The van der Waals surface area contributed by atoms with Crippen LogP contribution < -0.4 is 9.47 Å². The second kappa shape index (κ2) is 9.18. The van der Waals surface area contributed by atoms with E-state index in [1.54, 1.807) is 27.2 Å². The Morgan fingerprint density at radius 2 is 1.97 bits per heavy atom. The summed E-state index contributed by atoms with van der Waals surface area (Å²) in [5.41, 5.74) is 2.34. The van der Waals surface area contributed by atoms with Gasteiger partial charge in [0.25, 0.3) is 0 Å². The van der Waals surface area contributed by atoms with Crippen LogP contribution in [0.15, 0.2) is 36.4 Å². The van der Waals surface area contributed by atoms with Crippen LogP contribution in [0.5, 0.6) is 11.5 Å². The van der Waals surface area contributed by atoms with Gasteiger partial charge in [-0.2, -0.15) is 0 Å². The lowest BCUT2D eigenvalue weighted by molar-refractivity contribution is -0.147. The molecule has 0 N–H and O–H groups in total. The van der Waals surface area contributed by atoms with Gasteiger partial charge in [0, 0.05) is 16.1 Å². The molecule has 0 aliphatic carbocycles. The van der Waals surface area contributed by atoms with E-state index in [2.05, 4.69) is 10.2 Å². The molecular weight excluding hydrogens is 434 g/mol. The summed E-state index contributed by atoms with van der Waals surface area (Å²) in [5.74, 6) is 1.90. The molecule has 0 fully saturated rings. The van der Waals surface area contributed by atoms with E-state index in [1.165, 1.54) is 0 Å². The van der Waals surface area contributed by atoms with Crippen molar-refractivity contribution in [1.82, 2.24) is 14.8 Å². The molecule has 0 radical (unpaired) electrons. The third kappa shape index (κ3) is 3.91. The number of methoxy groups -OCH3 is 2. The molecule has 2 heterocycles. The van der Waals surface area contributed by atoms with Gasteiger partial charge in [0.15, 0.2) is 17.3 Å². The van der Waals surface area contributed by atoms with Crippen molar-refractivity contribution in [3.63, 3.8) is 0 Å². The molecule has 32 heavy (non-hydrogen) atoms. The number of halogens is 1. The Labute approximate surface area is 191 Å². The van der Waals surface area contributed by atoms with Crippen LogP contribution in [-0.4, -0.2) is 41.6 Å². The first kappa shape index (κ1) is 22.1. The number of fused-ring (bicyclic) bond motifs is 3. The molecule has 0 saturated carbocycles. The highest BCUT2D eigenvalue weighted by molar-refractivity contribution is 6.30. The zero-order valence-electron chi connectivity index (χ0n) is 18.3. The van der Waals surface area contributed by atoms with Gasteiger partial charge >= 0.3 is 5.97 Å². The topological polar surface area (TPSA) is 84.7 Å². The summed E-state index contributed by atoms with van der Waals surface area (Å²) in [6.45, 7) is 3.89. The van der Waals surface area contributed by atoms with Crippen LogP contribution in [0.3, 0.4) is 0 Å². The van der Waals surface area contributed by atoms with E-state index in [9.17, 15) is 4.79 Å². The van der Waals surface area contributed by atoms with E-state index < -0.39 is 12.2 Å². The predicted molar refractivity (Wildman–Crippen MR) is 118 cm³/mol. The van der Waals surface area contributed by atoms with Crippen LogP contribution in [0.4, 0.5) is 0 Å². The van der Waals surface area contributed by atoms with Crippen molar-refractivity contribution in [2.45, 2.75) is 32.5 Å². The molecule has 0 bridgehead atoms. The van der Waals surface area contributed by atoms with E-state index in [0.717, 1.165) is 16.8 Å². The first-order chi connectivity index (χ1) is 15.5. The molecule has 4 rings (SSSR count). The highest BCUT2D eigenvalue weighted by Gasteiger charge is 2.36. The van der Waals surface area contributed by atoms with E-state index in [1.807, 2.05) is 41.8 Å². The minimum absolute atomic E-state index is 0.0174. The molecule has 0 saturated heterocycles. The van der Waals surface area contributed by atoms with Crippen LogP contribution in [0.1, 0.15) is 48.3 Å². The minimum atomic E-state index is -0.706. The lowest BCUT2D eigenvalue weighted by atomic mass is 9.98. The van der Waals surface area contributed by atoms with Crippen molar-refractivity contribution in [2.24, 2.45) is 0 Å². The lowest BCUT2D eigenvalue weighted by Gasteiger charge is -2.24.